The second kappa shape index (κ2) is 8.35. The number of benzene rings is 1. The van der Waals surface area contributed by atoms with Gasteiger partial charge in [0.25, 0.3) is 0 Å². The van der Waals surface area contributed by atoms with Crippen molar-refractivity contribution in [3.05, 3.63) is 42.6 Å². The zero-order valence-corrected chi connectivity index (χ0v) is 14.5. The molecule has 7 heteroatoms. The summed E-state index contributed by atoms with van der Waals surface area (Å²) in [6.45, 7) is 3.21. The molecule has 0 radical (unpaired) electrons. The number of amides is 2. The average Bonchev–Trinajstić information content (AvgIpc) is 2.56. The van der Waals surface area contributed by atoms with Crippen molar-refractivity contribution in [2.24, 2.45) is 0 Å². The molecule has 0 bridgehead atoms. The topological polar surface area (TPSA) is 80.3 Å². The highest BCUT2D eigenvalue weighted by atomic mass is 32.2. The number of thioether (sulfide) groups is 1. The predicted octanol–water partition coefficient (Wildman–Crippen LogP) is 3.17. The Hall–Kier alpha value is -2.54. The monoisotopic (exact) mass is 345 g/mol. The zero-order valence-electron chi connectivity index (χ0n) is 13.7. The van der Waals surface area contributed by atoms with Crippen LogP contribution in [0.2, 0.25) is 0 Å². The Morgan fingerprint density at radius 1 is 1.17 bits per heavy atom. The van der Waals surface area contributed by atoms with Crippen LogP contribution in [0.15, 0.2) is 47.5 Å². The molecule has 126 valence electrons. The summed E-state index contributed by atoms with van der Waals surface area (Å²) in [5, 5.41) is 5.06. The Morgan fingerprint density at radius 3 is 2.50 bits per heavy atom. The molecule has 2 aromatic rings. The Balaban J connectivity index is 2.02. The Bertz CT molecular complexity index is 719. The molecular formula is C17H19N3O3S. The summed E-state index contributed by atoms with van der Waals surface area (Å²) in [5.74, 6) is 0.685. The van der Waals surface area contributed by atoms with Crippen molar-refractivity contribution in [3.8, 4) is 5.75 Å². The van der Waals surface area contributed by atoms with E-state index in [-0.39, 0.29) is 17.1 Å². The van der Waals surface area contributed by atoms with Gasteiger partial charge in [0, 0.05) is 18.0 Å². The SMILES string of the molecule is COc1ccc(S[C@H](C)C(=O)Nc2ncccc2NC(C)=O)cc1. The van der Waals surface area contributed by atoms with Crippen LogP contribution in [0.4, 0.5) is 11.5 Å². The van der Waals surface area contributed by atoms with E-state index in [0.717, 1.165) is 10.6 Å². The molecular weight excluding hydrogens is 326 g/mol. The highest BCUT2D eigenvalue weighted by Crippen LogP contribution is 2.27. The van der Waals surface area contributed by atoms with Crippen molar-refractivity contribution >= 4 is 35.1 Å². The number of hydrogen-bond donors (Lipinski definition) is 2. The molecule has 0 aliphatic rings. The molecule has 0 saturated carbocycles. The lowest BCUT2D eigenvalue weighted by Crippen LogP contribution is -2.24. The normalized spacial score (nSPS) is 11.5. The first-order chi connectivity index (χ1) is 11.5. The highest BCUT2D eigenvalue weighted by molar-refractivity contribution is 8.00. The molecule has 24 heavy (non-hydrogen) atoms. The van der Waals surface area contributed by atoms with E-state index in [4.69, 9.17) is 4.74 Å². The molecule has 6 nitrogen and oxygen atoms in total. The van der Waals surface area contributed by atoms with Crippen molar-refractivity contribution < 1.29 is 14.3 Å². The molecule has 2 N–H and O–H groups in total. The first-order valence-electron chi connectivity index (χ1n) is 7.33. The van der Waals surface area contributed by atoms with Crippen LogP contribution in [0.25, 0.3) is 0 Å². The van der Waals surface area contributed by atoms with Gasteiger partial charge in [-0.2, -0.15) is 0 Å². The van der Waals surface area contributed by atoms with E-state index in [1.54, 1.807) is 25.4 Å². The summed E-state index contributed by atoms with van der Waals surface area (Å²) in [4.78, 5) is 28.7. The molecule has 2 rings (SSSR count). The largest absolute Gasteiger partial charge is 0.497 e. The van der Waals surface area contributed by atoms with Crippen LogP contribution < -0.4 is 15.4 Å². The Kier molecular flexibility index (Phi) is 6.20. The first-order valence-corrected chi connectivity index (χ1v) is 8.21. The van der Waals surface area contributed by atoms with Crippen LogP contribution in [0.5, 0.6) is 5.75 Å². The maximum atomic E-state index is 12.4. The molecule has 1 heterocycles. The van der Waals surface area contributed by atoms with Crippen LogP contribution in [0.1, 0.15) is 13.8 Å². The van der Waals surface area contributed by atoms with Gasteiger partial charge in [-0.15, -0.1) is 11.8 Å². The van der Waals surface area contributed by atoms with Gasteiger partial charge in [0.15, 0.2) is 5.82 Å². The number of aromatic nitrogens is 1. The molecule has 1 aromatic heterocycles. The minimum absolute atomic E-state index is 0.193. The van der Waals surface area contributed by atoms with Gasteiger partial charge in [0.1, 0.15) is 5.75 Å². The molecule has 0 spiro atoms. The van der Waals surface area contributed by atoms with Gasteiger partial charge in [-0.3, -0.25) is 9.59 Å². The lowest BCUT2D eigenvalue weighted by molar-refractivity contribution is -0.116. The number of ether oxygens (including phenoxy) is 1. The van der Waals surface area contributed by atoms with E-state index in [1.807, 2.05) is 31.2 Å². The summed E-state index contributed by atoms with van der Waals surface area (Å²) >= 11 is 1.43. The standard InChI is InChI=1S/C17H19N3O3S/c1-11(24-14-8-6-13(23-3)7-9-14)17(22)20-16-15(19-12(2)21)5-4-10-18-16/h4-11H,1-3H3,(H,19,21)(H,18,20,22)/t11-/m1/s1. The molecule has 1 aromatic carbocycles. The van der Waals surface area contributed by atoms with Gasteiger partial charge in [0.2, 0.25) is 11.8 Å². The van der Waals surface area contributed by atoms with Crippen LogP contribution in [0.3, 0.4) is 0 Å². The highest BCUT2D eigenvalue weighted by Gasteiger charge is 2.17. The lowest BCUT2D eigenvalue weighted by Gasteiger charge is -2.14. The minimum Gasteiger partial charge on any atom is -0.497 e. The van der Waals surface area contributed by atoms with Gasteiger partial charge in [-0.1, -0.05) is 0 Å². The minimum atomic E-state index is -0.328. The van der Waals surface area contributed by atoms with Crippen LogP contribution in [-0.4, -0.2) is 29.2 Å². The number of nitrogens with one attached hydrogen (secondary N) is 2. The number of rotatable bonds is 6. The van der Waals surface area contributed by atoms with Gasteiger partial charge in [-0.25, -0.2) is 4.98 Å². The van der Waals surface area contributed by atoms with E-state index in [0.29, 0.717) is 11.5 Å². The van der Waals surface area contributed by atoms with Gasteiger partial charge in [-0.05, 0) is 43.3 Å². The molecule has 1 atom stereocenters. The molecule has 0 aliphatic heterocycles. The third-order valence-electron chi connectivity index (χ3n) is 3.10. The Morgan fingerprint density at radius 2 is 1.88 bits per heavy atom. The summed E-state index contributed by atoms with van der Waals surface area (Å²) in [5.41, 5.74) is 0.472. The van der Waals surface area contributed by atoms with Crippen LogP contribution >= 0.6 is 11.8 Å². The molecule has 0 unspecified atom stereocenters. The summed E-state index contributed by atoms with van der Waals surface area (Å²) in [6.07, 6.45) is 1.56. The van der Waals surface area contributed by atoms with Gasteiger partial charge < -0.3 is 15.4 Å². The summed E-state index contributed by atoms with van der Waals surface area (Å²) in [7, 11) is 1.61. The Labute approximate surface area is 145 Å². The number of pyridine rings is 1. The number of hydrogen-bond acceptors (Lipinski definition) is 5. The zero-order chi connectivity index (χ0) is 17.5. The van der Waals surface area contributed by atoms with E-state index < -0.39 is 0 Å². The van der Waals surface area contributed by atoms with Crippen molar-refractivity contribution in [2.45, 2.75) is 24.0 Å². The fraction of sp³-hybridized carbons (Fsp3) is 0.235. The quantitative estimate of drug-likeness (QED) is 0.786. The second-order valence-corrected chi connectivity index (χ2v) is 6.42. The molecule has 2 amide bonds. The summed E-state index contributed by atoms with van der Waals surface area (Å²) in [6, 6.07) is 10.9. The fourth-order valence-electron chi connectivity index (χ4n) is 1.93. The summed E-state index contributed by atoms with van der Waals surface area (Å²) < 4.78 is 5.11. The molecule has 0 aliphatic carbocycles. The number of nitrogens with zero attached hydrogens (tertiary/aromatic N) is 1. The van der Waals surface area contributed by atoms with Crippen molar-refractivity contribution in [2.75, 3.05) is 17.7 Å². The average molecular weight is 345 g/mol. The van der Waals surface area contributed by atoms with Crippen molar-refractivity contribution in [1.29, 1.82) is 0 Å². The molecule has 0 saturated heterocycles. The van der Waals surface area contributed by atoms with E-state index in [2.05, 4.69) is 15.6 Å². The predicted molar refractivity (Wildman–Crippen MR) is 95.5 cm³/mol. The van der Waals surface area contributed by atoms with Gasteiger partial charge in [0.05, 0.1) is 18.0 Å². The maximum absolute atomic E-state index is 12.4. The van der Waals surface area contributed by atoms with Crippen molar-refractivity contribution in [3.63, 3.8) is 0 Å². The molecule has 0 fully saturated rings. The third-order valence-corrected chi connectivity index (χ3v) is 4.21. The first kappa shape index (κ1) is 17.8. The van der Waals surface area contributed by atoms with Crippen molar-refractivity contribution in [1.82, 2.24) is 4.98 Å². The van der Waals surface area contributed by atoms with E-state index >= 15 is 0 Å². The fourth-order valence-corrected chi connectivity index (χ4v) is 2.79. The van der Waals surface area contributed by atoms with Crippen LogP contribution in [0, 0.1) is 0 Å². The van der Waals surface area contributed by atoms with Crippen LogP contribution in [-0.2, 0) is 9.59 Å². The van der Waals surface area contributed by atoms with Gasteiger partial charge >= 0.3 is 0 Å². The second-order valence-electron chi connectivity index (χ2n) is 5.01. The van der Waals surface area contributed by atoms with E-state index in [1.165, 1.54) is 18.7 Å². The lowest BCUT2D eigenvalue weighted by atomic mass is 10.3. The van der Waals surface area contributed by atoms with E-state index in [9.17, 15) is 9.59 Å². The number of methoxy groups -OCH3 is 1. The number of carbonyl (C=O) groups is 2. The number of anilines is 2. The maximum Gasteiger partial charge on any atom is 0.238 e. The third kappa shape index (κ3) is 4.99. The smallest absolute Gasteiger partial charge is 0.238 e. The number of carbonyl (C=O) groups excluding carboxylic acids is 2.